The lowest BCUT2D eigenvalue weighted by atomic mass is 10.2. The second-order valence-electron chi connectivity index (χ2n) is 5.53. The number of benzene rings is 1. The Morgan fingerprint density at radius 3 is 2.48 bits per heavy atom. The Morgan fingerprint density at radius 2 is 1.86 bits per heavy atom. The van der Waals surface area contributed by atoms with Crippen LogP contribution in [0.1, 0.15) is 25.5 Å². The Balaban J connectivity index is 1.79. The lowest BCUT2D eigenvalue weighted by molar-refractivity contribution is 0.661. The van der Waals surface area contributed by atoms with Crippen LogP contribution in [0.2, 0.25) is 0 Å². The Morgan fingerprint density at radius 1 is 1.19 bits per heavy atom. The molecule has 0 amide bonds. The standard InChI is InChI=1S/C16H23N5/c1-3-21-16(15(17)12(2)19-21)18-13-6-8-14(9-7-13)20-10-4-5-11-20/h6-9,18H,3-5,10-11,17H2,1-2H3. The molecule has 0 atom stereocenters. The second kappa shape index (κ2) is 5.68. The van der Waals surface area contributed by atoms with Gasteiger partial charge in [-0.25, -0.2) is 4.68 Å². The van der Waals surface area contributed by atoms with Gasteiger partial charge in [-0.3, -0.25) is 0 Å². The maximum absolute atomic E-state index is 6.10. The van der Waals surface area contributed by atoms with Gasteiger partial charge in [-0.2, -0.15) is 5.10 Å². The van der Waals surface area contributed by atoms with Gasteiger partial charge in [0, 0.05) is 31.0 Å². The molecule has 3 N–H and O–H groups in total. The number of hydrogen-bond acceptors (Lipinski definition) is 4. The molecule has 0 bridgehead atoms. The van der Waals surface area contributed by atoms with E-state index >= 15 is 0 Å². The number of nitrogens with two attached hydrogens (primary N) is 1. The third-order valence-electron chi connectivity index (χ3n) is 4.07. The molecule has 1 fully saturated rings. The third kappa shape index (κ3) is 2.68. The fourth-order valence-corrected chi connectivity index (χ4v) is 2.82. The predicted molar refractivity (Wildman–Crippen MR) is 88.2 cm³/mol. The number of nitrogen functional groups attached to an aromatic ring is 1. The van der Waals surface area contributed by atoms with Gasteiger partial charge in [-0.15, -0.1) is 0 Å². The summed E-state index contributed by atoms with van der Waals surface area (Å²) < 4.78 is 1.90. The smallest absolute Gasteiger partial charge is 0.152 e. The number of anilines is 4. The van der Waals surface area contributed by atoms with Crippen molar-refractivity contribution < 1.29 is 0 Å². The molecule has 1 saturated heterocycles. The Kier molecular flexibility index (Phi) is 3.73. The molecular formula is C16H23N5. The van der Waals surface area contributed by atoms with Gasteiger partial charge in [0.05, 0.1) is 11.4 Å². The molecular weight excluding hydrogens is 262 g/mol. The van der Waals surface area contributed by atoms with Gasteiger partial charge in [-0.1, -0.05) is 0 Å². The highest BCUT2D eigenvalue weighted by Gasteiger charge is 2.13. The maximum atomic E-state index is 6.10. The first kappa shape index (κ1) is 13.8. The van der Waals surface area contributed by atoms with Gasteiger partial charge in [-0.05, 0) is 51.0 Å². The van der Waals surface area contributed by atoms with Crippen molar-refractivity contribution >= 4 is 22.9 Å². The first-order chi connectivity index (χ1) is 10.2. The summed E-state index contributed by atoms with van der Waals surface area (Å²) in [7, 11) is 0. The normalized spacial score (nSPS) is 14.7. The van der Waals surface area contributed by atoms with Crippen molar-refractivity contribution in [1.82, 2.24) is 9.78 Å². The molecule has 112 valence electrons. The van der Waals surface area contributed by atoms with E-state index in [0.29, 0.717) is 0 Å². The van der Waals surface area contributed by atoms with Gasteiger partial charge in [0.1, 0.15) is 0 Å². The van der Waals surface area contributed by atoms with Gasteiger partial charge >= 0.3 is 0 Å². The zero-order valence-electron chi connectivity index (χ0n) is 12.8. The quantitative estimate of drug-likeness (QED) is 0.906. The van der Waals surface area contributed by atoms with Crippen LogP contribution < -0.4 is 16.0 Å². The summed E-state index contributed by atoms with van der Waals surface area (Å²) in [5.41, 5.74) is 10.0. The summed E-state index contributed by atoms with van der Waals surface area (Å²) >= 11 is 0. The highest BCUT2D eigenvalue weighted by molar-refractivity contribution is 5.72. The van der Waals surface area contributed by atoms with Crippen LogP contribution in [0.15, 0.2) is 24.3 Å². The molecule has 0 aliphatic carbocycles. The SMILES string of the molecule is CCn1nc(C)c(N)c1Nc1ccc(N2CCCC2)cc1. The van der Waals surface area contributed by atoms with E-state index in [2.05, 4.69) is 46.5 Å². The monoisotopic (exact) mass is 285 g/mol. The van der Waals surface area contributed by atoms with Gasteiger partial charge in [0.25, 0.3) is 0 Å². The van der Waals surface area contributed by atoms with Crippen LogP contribution in [0.25, 0.3) is 0 Å². The summed E-state index contributed by atoms with van der Waals surface area (Å²) in [5, 5.41) is 7.81. The van der Waals surface area contributed by atoms with E-state index in [1.54, 1.807) is 0 Å². The van der Waals surface area contributed by atoms with Crippen LogP contribution in [0, 0.1) is 6.92 Å². The first-order valence-electron chi connectivity index (χ1n) is 7.64. The van der Waals surface area contributed by atoms with Crippen LogP contribution in [0.3, 0.4) is 0 Å². The molecule has 3 rings (SSSR count). The van der Waals surface area contributed by atoms with Crippen molar-refractivity contribution in [1.29, 1.82) is 0 Å². The maximum Gasteiger partial charge on any atom is 0.152 e. The summed E-state index contributed by atoms with van der Waals surface area (Å²) in [6, 6.07) is 8.55. The van der Waals surface area contributed by atoms with E-state index in [4.69, 9.17) is 5.73 Å². The molecule has 0 radical (unpaired) electrons. The van der Waals surface area contributed by atoms with Crippen LogP contribution in [-0.4, -0.2) is 22.9 Å². The van der Waals surface area contributed by atoms with E-state index in [1.165, 1.54) is 31.6 Å². The fourth-order valence-electron chi connectivity index (χ4n) is 2.82. The highest BCUT2D eigenvalue weighted by atomic mass is 15.3. The Bertz CT molecular complexity index is 608. The minimum atomic E-state index is 0.723. The van der Waals surface area contributed by atoms with E-state index in [1.807, 2.05) is 11.6 Å². The van der Waals surface area contributed by atoms with Crippen molar-refractivity contribution in [2.24, 2.45) is 0 Å². The fraction of sp³-hybridized carbons (Fsp3) is 0.438. The van der Waals surface area contributed by atoms with Gasteiger partial charge in [0.15, 0.2) is 5.82 Å². The lowest BCUT2D eigenvalue weighted by Gasteiger charge is -2.18. The summed E-state index contributed by atoms with van der Waals surface area (Å²) in [4.78, 5) is 2.43. The molecule has 0 saturated carbocycles. The molecule has 21 heavy (non-hydrogen) atoms. The number of nitrogens with one attached hydrogen (secondary N) is 1. The van der Waals surface area contributed by atoms with E-state index in [9.17, 15) is 0 Å². The summed E-state index contributed by atoms with van der Waals surface area (Å²) in [6.07, 6.45) is 2.59. The van der Waals surface area contributed by atoms with Crippen molar-refractivity contribution in [2.75, 3.05) is 29.0 Å². The molecule has 1 aromatic carbocycles. The van der Waals surface area contributed by atoms with Crippen LogP contribution in [0.4, 0.5) is 22.9 Å². The van der Waals surface area contributed by atoms with E-state index < -0.39 is 0 Å². The van der Waals surface area contributed by atoms with Crippen molar-refractivity contribution in [3.63, 3.8) is 0 Å². The average Bonchev–Trinajstić information content (AvgIpc) is 3.12. The summed E-state index contributed by atoms with van der Waals surface area (Å²) in [5.74, 6) is 0.879. The predicted octanol–water partition coefficient (Wildman–Crippen LogP) is 3.14. The van der Waals surface area contributed by atoms with Crippen LogP contribution >= 0.6 is 0 Å². The minimum absolute atomic E-state index is 0.723. The van der Waals surface area contributed by atoms with Crippen molar-refractivity contribution in [3.05, 3.63) is 30.0 Å². The molecule has 1 aliphatic rings. The topological polar surface area (TPSA) is 59.1 Å². The van der Waals surface area contributed by atoms with Crippen LogP contribution in [-0.2, 0) is 6.54 Å². The van der Waals surface area contributed by atoms with Gasteiger partial charge < -0.3 is 16.0 Å². The van der Waals surface area contributed by atoms with E-state index in [-0.39, 0.29) is 0 Å². The lowest BCUT2D eigenvalue weighted by Crippen LogP contribution is -2.17. The highest BCUT2D eigenvalue weighted by Crippen LogP contribution is 2.28. The molecule has 5 heteroatoms. The average molecular weight is 285 g/mol. The first-order valence-corrected chi connectivity index (χ1v) is 7.64. The zero-order valence-corrected chi connectivity index (χ0v) is 12.8. The summed E-state index contributed by atoms with van der Waals surface area (Å²) in [6.45, 7) is 7.13. The van der Waals surface area contributed by atoms with Crippen LogP contribution in [0.5, 0.6) is 0 Å². The molecule has 0 unspecified atom stereocenters. The number of aryl methyl sites for hydroxylation is 2. The number of hydrogen-bond donors (Lipinski definition) is 2. The third-order valence-corrected chi connectivity index (χ3v) is 4.07. The largest absolute Gasteiger partial charge is 0.394 e. The van der Waals surface area contributed by atoms with Gasteiger partial charge in [0.2, 0.25) is 0 Å². The molecule has 2 aromatic rings. The number of nitrogens with zero attached hydrogens (tertiary/aromatic N) is 3. The zero-order chi connectivity index (χ0) is 14.8. The Labute approximate surface area is 125 Å². The molecule has 1 aliphatic heterocycles. The second-order valence-corrected chi connectivity index (χ2v) is 5.53. The molecule has 2 heterocycles. The van der Waals surface area contributed by atoms with Crippen molar-refractivity contribution in [2.45, 2.75) is 33.2 Å². The molecule has 5 nitrogen and oxygen atoms in total. The number of aromatic nitrogens is 2. The van der Waals surface area contributed by atoms with Crippen molar-refractivity contribution in [3.8, 4) is 0 Å². The number of rotatable bonds is 4. The molecule has 1 aromatic heterocycles. The Hall–Kier alpha value is -2.17. The molecule has 0 spiro atoms. The van der Waals surface area contributed by atoms with E-state index in [0.717, 1.165) is 29.4 Å². The minimum Gasteiger partial charge on any atom is -0.394 e.